The van der Waals surface area contributed by atoms with Gasteiger partial charge < -0.3 is 15.1 Å². The van der Waals surface area contributed by atoms with Crippen molar-refractivity contribution >= 4 is 22.8 Å². The van der Waals surface area contributed by atoms with Crippen LogP contribution in [0.2, 0.25) is 0 Å². The van der Waals surface area contributed by atoms with Gasteiger partial charge in [-0.2, -0.15) is 0 Å². The smallest absolute Gasteiger partial charge is 0.227 e. The zero-order valence-electron chi connectivity index (χ0n) is 12.9. The number of benzene rings is 1. The molecule has 2 amide bonds. The summed E-state index contributed by atoms with van der Waals surface area (Å²) in [6.45, 7) is 5.12. The summed E-state index contributed by atoms with van der Waals surface area (Å²) in [4.78, 5) is 25.3. The highest BCUT2D eigenvalue weighted by atomic mass is 16.3. The first-order valence-corrected chi connectivity index (χ1v) is 7.50. The largest absolute Gasteiger partial charge is 0.464 e. The molecule has 0 bridgehead atoms. The van der Waals surface area contributed by atoms with E-state index >= 15 is 0 Å². The van der Waals surface area contributed by atoms with Crippen molar-refractivity contribution in [1.82, 2.24) is 4.90 Å². The highest BCUT2D eigenvalue weighted by Crippen LogP contribution is 2.26. The van der Waals surface area contributed by atoms with Crippen LogP contribution in [0.1, 0.15) is 23.1 Å². The number of rotatable bonds is 3. The van der Waals surface area contributed by atoms with Crippen LogP contribution in [0, 0.1) is 19.8 Å². The summed E-state index contributed by atoms with van der Waals surface area (Å²) < 4.78 is 5.56. The Hall–Kier alpha value is -2.30. The van der Waals surface area contributed by atoms with E-state index in [0.29, 0.717) is 25.9 Å². The lowest BCUT2D eigenvalue weighted by atomic mass is 10.0. The zero-order chi connectivity index (χ0) is 15.9. The summed E-state index contributed by atoms with van der Waals surface area (Å²) in [6, 6.07) is 4.06. The van der Waals surface area contributed by atoms with Crippen LogP contribution in [-0.4, -0.2) is 29.8 Å². The first kappa shape index (κ1) is 14.6. The molecule has 1 saturated heterocycles. The molecule has 1 aromatic heterocycles. The van der Waals surface area contributed by atoms with Gasteiger partial charge in [-0.1, -0.05) is 0 Å². The molecule has 0 radical (unpaired) electrons. The van der Waals surface area contributed by atoms with Gasteiger partial charge in [0.15, 0.2) is 0 Å². The molecule has 1 aliphatic heterocycles. The predicted molar refractivity (Wildman–Crippen MR) is 83.3 cm³/mol. The first-order chi connectivity index (χ1) is 10.5. The lowest BCUT2D eigenvalue weighted by molar-refractivity contribution is -0.129. The molecule has 2 aromatic rings. The number of carbonyl (C=O) groups excluding carboxylic acids is 2. The van der Waals surface area contributed by atoms with Crippen LogP contribution in [0.25, 0.3) is 11.0 Å². The normalized spacial score (nSPS) is 18.1. The first-order valence-electron chi connectivity index (χ1n) is 7.50. The number of likely N-dealkylation sites (tertiary alicyclic amines) is 1. The highest BCUT2D eigenvalue weighted by molar-refractivity contribution is 5.89. The van der Waals surface area contributed by atoms with Gasteiger partial charge in [-0.15, -0.1) is 0 Å². The summed E-state index contributed by atoms with van der Waals surface area (Å²) in [5, 5.41) is 0.988. The summed E-state index contributed by atoms with van der Waals surface area (Å²) in [7, 11) is 0. The molecule has 3 rings (SSSR count). The van der Waals surface area contributed by atoms with Crippen molar-refractivity contribution in [1.29, 1.82) is 0 Å². The summed E-state index contributed by atoms with van der Waals surface area (Å²) in [5.74, 6) is -0.519. The third-order valence-electron chi connectivity index (χ3n) is 4.56. The molecule has 2 N–H and O–H groups in total. The van der Waals surface area contributed by atoms with Crippen LogP contribution < -0.4 is 5.73 Å². The molecule has 1 fully saturated rings. The number of primary amides is 1. The van der Waals surface area contributed by atoms with Gasteiger partial charge in [0.2, 0.25) is 11.8 Å². The minimum Gasteiger partial charge on any atom is -0.464 e. The van der Waals surface area contributed by atoms with Gasteiger partial charge in [-0.25, -0.2) is 0 Å². The molecule has 0 unspecified atom stereocenters. The minimum atomic E-state index is -0.324. The lowest BCUT2D eigenvalue weighted by Gasteiger charge is -2.15. The van der Waals surface area contributed by atoms with Gasteiger partial charge in [0.05, 0.1) is 18.6 Å². The molecular weight excluding hydrogens is 280 g/mol. The summed E-state index contributed by atoms with van der Waals surface area (Å²) in [6.07, 6.45) is 2.61. The zero-order valence-corrected chi connectivity index (χ0v) is 12.9. The Bertz CT molecular complexity index is 748. The van der Waals surface area contributed by atoms with Gasteiger partial charge in [-0.05, 0) is 43.5 Å². The maximum absolute atomic E-state index is 12.4. The van der Waals surface area contributed by atoms with Gasteiger partial charge in [0.25, 0.3) is 0 Å². The van der Waals surface area contributed by atoms with Crippen molar-refractivity contribution in [3.05, 3.63) is 35.1 Å². The molecule has 0 aliphatic carbocycles. The molecule has 1 aliphatic rings. The van der Waals surface area contributed by atoms with Crippen molar-refractivity contribution < 1.29 is 14.0 Å². The van der Waals surface area contributed by atoms with E-state index in [1.54, 1.807) is 11.2 Å². The molecule has 5 heteroatoms. The van der Waals surface area contributed by atoms with Gasteiger partial charge in [0, 0.05) is 24.0 Å². The van der Waals surface area contributed by atoms with Gasteiger partial charge in [-0.3, -0.25) is 9.59 Å². The van der Waals surface area contributed by atoms with Crippen LogP contribution in [0.15, 0.2) is 22.8 Å². The quantitative estimate of drug-likeness (QED) is 0.941. The molecule has 2 heterocycles. The van der Waals surface area contributed by atoms with Crippen LogP contribution in [0.4, 0.5) is 0 Å². The summed E-state index contributed by atoms with van der Waals surface area (Å²) in [5.41, 5.74) is 9.36. The van der Waals surface area contributed by atoms with E-state index < -0.39 is 0 Å². The lowest BCUT2D eigenvalue weighted by Crippen LogP contribution is -2.32. The fourth-order valence-electron chi connectivity index (χ4n) is 2.97. The standard InChI is InChI=1S/C17H20N2O3/c1-10-5-14-13(9-22-15(14)6-11(10)2)7-16(20)19-4-3-12(8-19)17(18)21/h5-6,9,12H,3-4,7-8H2,1-2H3,(H2,18,21)/t12-/m1/s1. The molecule has 1 aromatic carbocycles. The second-order valence-electron chi connectivity index (χ2n) is 6.10. The van der Waals surface area contributed by atoms with E-state index in [1.807, 2.05) is 19.9 Å². The number of fused-ring (bicyclic) bond motifs is 1. The van der Waals surface area contributed by atoms with E-state index in [9.17, 15) is 9.59 Å². The van der Waals surface area contributed by atoms with Crippen molar-refractivity contribution in [2.75, 3.05) is 13.1 Å². The summed E-state index contributed by atoms with van der Waals surface area (Å²) >= 11 is 0. The number of nitrogens with two attached hydrogens (primary N) is 1. The number of carbonyl (C=O) groups is 2. The van der Waals surface area contributed by atoms with Gasteiger partial charge >= 0.3 is 0 Å². The Balaban J connectivity index is 1.77. The fourth-order valence-corrected chi connectivity index (χ4v) is 2.97. The van der Waals surface area contributed by atoms with Gasteiger partial charge in [0.1, 0.15) is 5.58 Å². The minimum absolute atomic E-state index is 0.0182. The second-order valence-corrected chi connectivity index (χ2v) is 6.10. The van der Waals surface area contributed by atoms with E-state index in [1.165, 1.54) is 11.1 Å². The average Bonchev–Trinajstić information content (AvgIpc) is 3.08. The Morgan fingerprint density at radius 1 is 1.32 bits per heavy atom. The number of aryl methyl sites for hydroxylation is 2. The molecule has 116 valence electrons. The van der Waals surface area contributed by atoms with E-state index in [4.69, 9.17) is 10.2 Å². The van der Waals surface area contributed by atoms with Crippen molar-refractivity contribution in [3.63, 3.8) is 0 Å². The van der Waals surface area contributed by atoms with Crippen LogP contribution in [0.3, 0.4) is 0 Å². The van der Waals surface area contributed by atoms with Crippen LogP contribution in [0.5, 0.6) is 0 Å². The van der Waals surface area contributed by atoms with Crippen molar-refractivity contribution in [3.8, 4) is 0 Å². The third kappa shape index (κ3) is 2.58. The van der Waals surface area contributed by atoms with E-state index in [0.717, 1.165) is 16.5 Å². The third-order valence-corrected chi connectivity index (χ3v) is 4.56. The monoisotopic (exact) mass is 300 g/mol. The Morgan fingerprint density at radius 3 is 2.73 bits per heavy atom. The molecular formula is C17H20N2O3. The fraction of sp³-hybridized carbons (Fsp3) is 0.412. The molecule has 0 spiro atoms. The highest BCUT2D eigenvalue weighted by Gasteiger charge is 2.29. The maximum atomic E-state index is 12.4. The topological polar surface area (TPSA) is 76.5 Å². The number of nitrogens with zero attached hydrogens (tertiary/aromatic N) is 1. The molecule has 0 saturated carbocycles. The van der Waals surface area contributed by atoms with Crippen molar-refractivity contribution in [2.45, 2.75) is 26.7 Å². The second kappa shape index (κ2) is 5.48. The van der Waals surface area contributed by atoms with E-state index in [-0.39, 0.29) is 17.7 Å². The maximum Gasteiger partial charge on any atom is 0.227 e. The average molecular weight is 300 g/mol. The van der Waals surface area contributed by atoms with E-state index in [2.05, 4.69) is 6.07 Å². The Morgan fingerprint density at radius 2 is 2.05 bits per heavy atom. The van der Waals surface area contributed by atoms with Crippen molar-refractivity contribution in [2.24, 2.45) is 11.7 Å². The molecule has 5 nitrogen and oxygen atoms in total. The number of hydrogen-bond acceptors (Lipinski definition) is 3. The molecule has 1 atom stereocenters. The molecule has 22 heavy (non-hydrogen) atoms. The number of hydrogen-bond donors (Lipinski definition) is 1. The Kier molecular flexibility index (Phi) is 3.64. The number of furan rings is 1. The SMILES string of the molecule is Cc1cc2occ(CC(=O)N3CC[C@@H](C(N)=O)C3)c2cc1C. The van der Waals surface area contributed by atoms with Crippen LogP contribution >= 0.6 is 0 Å². The van der Waals surface area contributed by atoms with Crippen LogP contribution in [-0.2, 0) is 16.0 Å². The predicted octanol–water partition coefficient (Wildman–Crippen LogP) is 1.93. The number of amides is 2. The Labute approximate surface area is 129 Å².